The molecule has 0 atom stereocenters. The van der Waals surface area contributed by atoms with E-state index in [9.17, 15) is 13.2 Å². The highest BCUT2D eigenvalue weighted by atomic mass is 19.4. The highest BCUT2D eigenvalue weighted by molar-refractivity contribution is 5.33. The van der Waals surface area contributed by atoms with Crippen molar-refractivity contribution in [1.29, 1.82) is 0 Å². The van der Waals surface area contributed by atoms with Crippen LogP contribution in [0.25, 0.3) is 0 Å². The molecule has 0 bridgehead atoms. The first-order chi connectivity index (χ1) is 9.05. The molecular weight excluding hydrogens is 259 g/mol. The molecule has 2 aromatic rings. The van der Waals surface area contributed by atoms with Crippen LogP contribution in [0.3, 0.4) is 0 Å². The Labute approximate surface area is 107 Å². The van der Waals surface area contributed by atoms with Gasteiger partial charge in [-0.2, -0.15) is 13.2 Å². The molecule has 0 aromatic carbocycles. The Hall–Kier alpha value is -2.12. The van der Waals surface area contributed by atoms with E-state index >= 15 is 0 Å². The van der Waals surface area contributed by atoms with E-state index in [1.165, 1.54) is 6.07 Å². The van der Waals surface area contributed by atoms with Gasteiger partial charge in [-0.15, -0.1) is 10.2 Å². The number of halogens is 3. The molecule has 0 aliphatic carbocycles. The van der Waals surface area contributed by atoms with Crippen molar-refractivity contribution in [2.24, 2.45) is 0 Å². The largest absolute Gasteiger partial charge is 0.435 e. The Balaban J connectivity index is 1.77. The summed E-state index contributed by atoms with van der Waals surface area (Å²) in [5.74, 6) is 1.20. The zero-order chi connectivity index (χ0) is 13.7. The molecule has 2 rings (SSSR count). The first kappa shape index (κ1) is 13.3. The van der Waals surface area contributed by atoms with Crippen LogP contribution in [0.5, 0.6) is 0 Å². The Morgan fingerprint density at radius 2 is 2.05 bits per heavy atom. The van der Waals surface area contributed by atoms with Crippen LogP contribution in [0.4, 0.5) is 19.0 Å². The predicted octanol–water partition coefficient (Wildman–Crippen LogP) is 2.26. The van der Waals surface area contributed by atoms with Gasteiger partial charge in [0.15, 0.2) is 5.69 Å². The standard InChI is InChI=1S/C11H12F3N5/c12-11(13,14)8-3-4-10(19-18-8)15-5-1-2-9-16-6-7-17-9/h3-4,6-7H,1-2,5H2,(H,15,19)(H,16,17). The van der Waals surface area contributed by atoms with E-state index in [4.69, 9.17) is 0 Å². The first-order valence-corrected chi connectivity index (χ1v) is 5.69. The summed E-state index contributed by atoms with van der Waals surface area (Å²) in [7, 11) is 0. The number of aromatic nitrogens is 4. The molecule has 0 fully saturated rings. The number of H-pyrrole nitrogens is 1. The molecule has 8 heteroatoms. The van der Waals surface area contributed by atoms with Gasteiger partial charge in [-0.1, -0.05) is 0 Å². The van der Waals surface area contributed by atoms with Crippen molar-refractivity contribution in [2.45, 2.75) is 19.0 Å². The number of anilines is 1. The van der Waals surface area contributed by atoms with Gasteiger partial charge in [0.1, 0.15) is 11.6 Å². The van der Waals surface area contributed by atoms with Crippen LogP contribution >= 0.6 is 0 Å². The van der Waals surface area contributed by atoms with Crippen LogP contribution in [-0.2, 0) is 12.6 Å². The van der Waals surface area contributed by atoms with Gasteiger partial charge in [0.05, 0.1) is 0 Å². The number of aryl methyl sites for hydroxylation is 1. The Bertz CT molecular complexity index is 492. The van der Waals surface area contributed by atoms with Gasteiger partial charge in [0.2, 0.25) is 0 Å². The summed E-state index contributed by atoms with van der Waals surface area (Å²) in [6.45, 7) is 0.584. The fraction of sp³-hybridized carbons (Fsp3) is 0.364. The second-order valence-corrected chi connectivity index (χ2v) is 3.87. The van der Waals surface area contributed by atoms with Gasteiger partial charge < -0.3 is 10.3 Å². The van der Waals surface area contributed by atoms with E-state index in [0.29, 0.717) is 12.4 Å². The van der Waals surface area contributed by atoms with E-state index in [-0.39, 0.29) is 0 Å². The molecule has 2 heterocycles. The molecule has 0 saturated carbocycles. The van der Waals surface area contributed by atoms with Crippen LogP contribution in [0.2, 0.25) is 0 Å². The molecule has 0 radical (unpaired) electrons. The third-order valence-corrected chi connectivity index (χ3v) is 2.41. The topological polar surface area (TPSA) is 66.5 Å². The Kier molecular flexibility index (Phi) is 3.98. The lowest BCUT2D eigenvalue weighted by atomic mass is 10.3. The van der Waals surface area contributed by atoms with E-state index in [1.54, 1.807) is 12.4 Å². The van der Waals surface area contributed by atoms with Crippen molar-refractivity contribution in [1.82, 2.24) is 20.2 Å². The molecule has 5 nitrogen and oxygen atoms in total. The quantitative estimate of drug-likeness (QED) is 0.819. The third-order valence-electron chi connectivity index (χ3n) is 2.41. The van der Waals surface area contributed by atoms with E-state index in [2.05, 4.69) is 25.5 Å². The number of alkyl halides is 3. The second kappa shape index (κ2) is 5.68. The zero-order valence-corrected chi connectivity index (χ0v) is 9.91. The lowest BCUT2D eigenvalue weighted by Crippen LogP contribution is -2.11. The van der Waals surface area contributed by atoms with E-state index in [1.807, 2.05) is 0 Å². The number of hydrogen-bond donors (Lipinski definition) is 2. The minimum atomic E-state index is -4.45. The molecule has 0 spiro atoms. The van der Waals surface area contributed by atoms with Crippen molar-refractivity contribution < 1.29 is 13.2 Å². The normalized spacial score (nSPS) is 11.5. The number of imidazole rings is 1. The van der Waals surface area contributed by atoms with Crippen LogP contribution in [-0.4, -0.2) is 26.7 Å². The minimum absolute atomic E-state index is 0.326. The lowest BCUT2D eigenvalue weighted by Gasteiger charge is -2.06. The maximum absolute atomic E-state index is 12.2. The fourth-order valence-electron chi connectivity index (χ4n) is 1.48. The number of hydrogen-bond acceptors (Lipinski definition) is 4. The lowest BCUT2D eigenvalue weighted by molar-refractivity contribution is -0.141. The van der Waals surface area contributed by atoms with Gasteiger partial charge in [0, 0.05) is 25.4 Å². The van der Waals surface area contributed by atoms with Gasteiger partial charge in [-0.25, -0.2) is 4.98 Å². The molecule has 0 aliphatic rings. The van der Waals surface area contributed by atoms with Crippen molar-refractivity contribution in [3.63, 3.8) is 0 Å². The van der Waals surface area contributed by atoms with Gasteiger partial charge >= 0.3 is 6.18 Å². The number of rotatable bonds is 5. The summed E-state index contributed by atoms with van der Waals surface area (Å²) in [4.78, 5) is 7.03. The highest BCUT2D eigenvalue weighted by Gasteiger charge is 2.32. The smallest absolute Gasteiger partial charge is 0.369 e. The highest BCUT2D eigenvalue weighted by Crippen LogP contribution is 2.26. The van der Waals surface area contributed by atoms with Crippen LogP contribution in [0, 0.1) is 0 Å². The molecule has 0 unspecified atom stereocenters. The summed E-state index contributed by atoms with van der Waals surface area (Å²) in [5, 5.41) is 9.50. The van der Waals surface area contributed by atoms with Crippen molar-refractivity contribution >= 4 is 5.82 Å². The monoisotopic (exact) mass is 271 g/mol. The average Bonchev–Trinajstić information content (AvgIpc) is 2.87. The molecule has 102 valence electrons. The zero-order valence-electron chi connectivity index (χ0n) is 9.91. The summed E-state index contributed by atoms with van der Waals surface area (Å²) in [6, 6.07) is 2.17. The predicted molar refractivity (Wildman–Crippen MR) is 62.4 cm³/mol. The molecule has 19 heavy (non-hydrogen) atoms. The summed E-state index contributed by atoms with van der Waals surface area (Å²) in [6.07, 6.45) is 0.503. The number of nitrogens with one attached hydrogen (secondary N) is 2. The van der Waals surface area contributed by atoms with E-state index in [0.717, 1.165) is 24.7 Å². The van der Waals surface area contributed by atoms with Crippen LogP contribution in [0.1, 0.15) is 17.9 Å². The maximum atomic E-state index is 12.2. The molecule has 2 aromatic heterocycles. The molecule has 2 N–H and O–H groups in total. The Morgan fingerprint density at radius 3 is 2.63 bits per heavy atom. The minimum Gasteiger partial charge on any atom is -0.369 e. The van der Waals surface area contributed by atoms with Crippen LogP contribution in [0.15, 0.2) is 24.5 Å². The SMILES string of the molecule is FC(F)(F)c1ccc(NCCCc2ncc[nH]2)nn1. The second-order valence-electron chi connectivity index (χ2n) is 3.87. The number of aromatic amines is 1. The molecule has 0 amide bonds. The van der Waals surface area contributed by atoms with Gasteiger partial charge in [-0.05, 0) is 18.6 Å². The number of nitrogens with zero attached hydrogens (tertiary/aromatic N) is 3. The third kappa shape index (κ3) is 3.94. The molecule has 0 saturated heterocycles. The maximum Gasteiger partial charge on any atom is 0.435 e. The fourth-order valence-corrected chi connectivity index (χ4v) is 1.48. The summed E-state index contributed by atoms with van der Waals surface area (Å²) < 4.78 is 36.7. The van der Waals surface area contributed by atoms with Crippen LogP contribution < -0.4 is 5.32 Å². The summed E-state index contributed by atoms with van der Waals surface area (Å²) >= 11 is 0. The van der Waals surface area contributed by atoms with Crippen molar-refractivity contribution in [2.75, 3.05) is 11.9 Å². The van der Waals surface area contributed by atoms with Gasteiger partial charge in [-0.3, -0.25) is 0 Å². The summed E-state index contributed by atoms with van der Waals surface area (Å²) in [5.41, 5.74) is -0.992. The van der Waals surface area contributed by atoms with E-state index < -0.39 is 11.9 Å². The first-order valence-electron chi connectivity index (χ1n) is 5.69. The van der Waals surface area contributed by atoms with Gasteiger partial charge in [0.25, 0.3) is 0 Å². The van der Waals surface area contributed by atoms with Crippen molar-refractivity contribution in [3.8, 4) is 0 Å². The molecule has 0 aliphatic heterocycles. The Morgan fingerprint density at radius 1 is 1.21 bits per heavy atom. The average molecular weight is 271 g/mol. The van der Waals surface area contributed by atoms with Crippen molar-refractivity contribution in [3.05, 3.63) is 36.0 Å². The molecular formula is C11H12F3N5.